The molecule has 0 spiro atoms. The van der Waals surface area contributed by atoms with Gasteiger partial charge in [0, 0.05) is 5.56 Å². The van der Waals surface area contributed by atoms with E-state index in [1.165, 1.54) is 5.56 Å². The average Bonchev–Trinajstić information content (AvgIpc) is 2.64. The first-order chi connectivity index (χ1) is 7.63. The number of hydrogen-bond donors (Lipinski definition) is 0. The molecule has 1 aromatic heterocycles. The molecular weight excluding hydrogens is 226 g/mol. The van der Waals surface area contributed by atoms with Crippen LogP contribution in [-0.4, -0.2) is 11.4 Å². The molecule has 16 heavy (non-hydrogen) atoms. The van der Waals surface area contributed by atoms with Crippen LogP contribution in [0.3, 0.4) is 0 Å². The number of carbonyl (C=O) groups is 1. The summed E-state index contributed by atoms with van der Waals surface area (Å²) in [5, 5.41) is 3.85. The van der Waals surface area contributed by atoms with Crippen molar-refractivity contribution in [3.05, 3.63) is 40.0 Å². The number of aromatic nitrogens is 1. The minimum atomic E-state index is 0.134. The standard InChI is InChI=1S/C12H10ClNO2/c1-7-3-4-9(5-8(7)2)12-11(13)10(6-15)14-16-12/h3-6H,1-2H3. The minimum Gasteiger partial charge on any atom is -0.354 e. The highest BCUT2D eigenvalue weighted by Crippen LogP contribution is 2.30. The predicted molar refractivity (Wildman–Crippen MR) is 61.8 cm³/mol. The summed E-state index contributed by atoms with van der Waals surface area (Å²) in [5.41, 5.74) is 3.29. The van der Waals surface area contributed by atoms with Gasteiger partial charge in [-0.25, -0.2) is 0 Å². The van der Waals surface area contributed by atoms with Crippen LogP contribution in [0.2, 0.25) is 5.02 Å². The highest BCUT2D eigenvalue weighted by atomic mass is 35.5. The fourth-order valence-corrected chi connectivity index (χ4v) is 1.65. The Morgan fingerprint density at radius 1 is 1.31 bits per heavy atom. The van der Waals surface area contributed by atoms with Crippen LogP contribution in [0.4, 0.5) is 0 Å². The Morgan fingerprint density at radius 3 is 2.62 bits per heavy atom. The summed E-state index contributed by atoms with van der Waals surface area (Å²) in [4.78, 5) is 10.6. The molecule has 2 rings (SSSR count). The van der Waals surface area contributed by atoms with E-state index < -0.39 is 0 Å². The topological polar surface area (TPSA) is 43.1 Å². The van der Waals surface area contributed by atoms with E-state index in [2.05, 4.69) is 5.16 Å². The lowest BCUT2D eigenvalue weighted by molar-refractivity contribution is 0.111. The predicted octanol–water partition coefficient (Wildman–Crippen LogP) is 3.42. The lowest BCUT2D eigenvalue weighted by Crippen LogP contribution is -1.83. The smallest absolute Gasteiger partial charge is 0.186 e. The van der Waals surface area contributed by atoms with Crippen molar-refractivity contribution in [2.45, 2.75) is 13.8 Å². The van der Waals surface area contributed by atoms with Crippen molar-refractivity contribution >= 4 is 17.9 Å². The normalized spacial score (nSPS) is 10.4. The second kappa shape index (κ2) is 4.10. The van der Waals surface area contributed by atoms with E-state index in [0.717, 1.165) is 11.1 Å². The van der Waals surface area contributed by atoms with Gasteiger partial charge in [0.05, 0.1) is 0 Å². The molecule has 1 aromatic carbocycles. The summed E-state index contributed by atoms with van der Waals surface area (Å²) in [7, 11) is 0. The molecule has 0 saturated heterocycles. The van der Waals surface area contributed by atoms with E-state index in [4.69, 9.17) is 16.1 Å². The Morgan fingerprint density at radius 2 is 2.06 bits per heavy atom. The van der Waals surface area contributed by atoms with Crippen LogP contribution >= 0.6 is 11.6 Å². The summed E-state index contributed by atoms with van der Waals surface area (Å²) in [5.74, 6) is 0.437. The highest BCUT2D eigenvalue weighted by Gasteiger charge is 2.15. The summed E-state index contributed by atoms with van der Waals surface area (Å²) in [6, 6.07) is 5.82. The molecule has 82 valence electrons. The molecule has 0 aliphatic heterocycles. The van der Waals surface area contributed by atoms with Crippen molar-refractivity contribution in [3.63, 3.8) is 0 Å². The Bertz CT molecular complexity index is 546. The first-order valence-corrected chi connectivity index (χ1v) is 5.19. The maximum Gasteiger partial charge on any atom is 0.186 e. The van der Waals surface area contributed by atoms with E-state index >= 15 is 0 Å². The van der Waals surface area contributed by atoms with Crippen LogP contribution in [0.25, 0.3) is 11.3 Å². The summed E-state index contributed by atoms with van der Waals surface area (Å²) >= 11 is 5.96. The van der Waals surface area contributed by atoms with Crippen molar-refractivity contribution in [3.8, 4) is 11.3 Å². The minimum absolute atomic E-state index is 0.134. The molecule has 4 heteroatoms. The number of nitrogens with zero attached hydrogens (tertiary/aromatic N) is 1. The van der Waals surface area contributed by atoms with Crippen LogP contribution in [0, 0.1) is 13.8 Å². The fraction of sp³-hybridized carbons (Fsp3) is 0.167. The van der Waals surface area contributed by atoms with Crippen LogP contribution in [-0.2, 0) is 0 Å². The first-order valence-electron chi connectivity index (χ1n) is 4.81. The van der Waals surface area contributed by atoms with E-state index in [0.29, 0.717) is 12.0 Å². The van der Waals surface area contributed by atoms with Crippen molar-refractivity contribution in [2.75, 3.05) is 0 Å². The van der Waals surface area contributed by atoms with Gasteiger partial charge in [0.15, 0.2) is 17.7 Å². The lowest BCUT2D eigenvalue weighted by Gasteiger charge is -2.02. The van der Waals surface area contributed by atoms with Gasteiger partial charge in [-0.1, -0.05) is 28.9 Å². The Balaban J connectivity index is 2.54. The molecule has 3 nitrogen and oxygen atoms in total. The maximum atomic E-state index is 10.6. The zero-order chi connectivity index (χ0) is 11.7. The number of hydrogen-bond acceptors (Lipinski definition) is 3. The van der Waals surface area contributed by atoms with Crippen LogP contribution in [0.5, 0.6) is 0 Å². The number of aldehydes is 1. The van der Waals surface area contributed by atoms with Gasteiger partial charge >= 0.3 is 0 Å². The molecule has 0 atom stereocenters. The number of rotatable bonds is 2. The van der Waals surface area contributed by atoms with Crippen LogP contribution in [0.1, 0.15) is 21.6 Å². The molecule has 0 saturated carbocycles. The summed E-state index contributed by atoms with van der Waals surface area (Å²) < 4.78 is 5.05. The van der Waals surface area contributed by atoms with Gasteiger partial charge in [0.25, 0.3) is 0 Å². The molecule has 0 aliphatic rings. The highest BCUT2D eigenvalue weighted by molar-refractivity contribution is 6.35. The molecule has 0 aliphatic carbocycles. The monoisotopic (exact) mass is 235 g/mol. The van der Waals surface area contributed by atoms with Gasteiger partial charge in [0.2, 0.25) is 0 Å². The molecule has 0 N–H and O–H groups in total. The number of aryl methyl sites for hydroxylation is 2. The van der Waals surface area contributed by atoms with E-state index in [1.54, 1.807) is 0 Å². The van der Waals surface area contributed by atoms with Crippen LogP contribution < -0.4 is 0 Å². The Kier molecular flexibility index (Phi) is 2.79. The molecule has 0 amide bonds. The largest absolute Gasteiger partial charge is 0.354 e. The molecule has 0 bridgehead atoms. The van der Waals surface area contributed by atoms with E-state index in [-0.39, 0.29) is 10.7 Å². The van der Waals surface area contributed by atoms with Crippen LogP contribution in [0.15, 0.2) is 22.7 Å². The third-order valence-corrected chi connectivity index (χ3v) is 2.91. The zero-order valence-corrected chi connectivity index (χ0v) is 9.71. The van der Waals surface area contributed by atoms with Crippen molar-refractivity contribution in [1.29, 1.82) is 0 Å². The number of carbonyl (C=O) groups excluding carboxylic acids is 1. The number of halogens is 1. The van der Waals surface area contributed by atoms with E-state index in [1.807, 2.05) is 32.0 Å². The summed E-state index contributed by atoms with van der Waals surface area (Å²) in [6.07, 6.45) is 0.580. The lowest BCUT2D eigenvalue weighted by atomic mass is 10.0. The molecule has 0 unspecified atom stereocenters. The van der Waals surface area contributed by atoms with Crippen molar-refractivity contribution < 1.29 is 9.32 Å². The van der Waals surface area contributed by atoms with Gasteiger partial charge in [0.1, 0.15) is 5.02 Å². The molecule has 0 fully saturated rings. The molecular formula is C12H10ClNO2. The van der Waals surface area contributed by atoms with Gasteiger partial charge in [-0.15, -0.1) is 0 Å². The third-order valence-electron chi connectivity index (χ3n) is 2.54. The average molecular weight is 236 g/mol. The second-order valence-electron chi connectivity index (χ2n) is 3.63. The van der Waals surface area contributed by atoms with Gasteiger partial charge < -0.3 is 4.52 Å². The SMILES string of the molecule is Cc1ccc(-c2onc(C=O)c2Cl)cc1C. The van der Waals surface area contributed by atoms with Gasteiger partial charge in [-0.3, -0.25) is 4.79 Å². The number of benzene rings is 1. The van der Waals surface area contributed by atoms with Gasteiger partial charge in [-0.2, -0.15) is 0 Å². The summed E-state index contributed by atoms with van der Waals surface area (Å²) in [6.45, 7) is 4.03. The molecule has 1 heterocycles. The van der Waals surface area contributed by atoms with Crippen molar-refractivity contribution in [2.24, 2.45) is 0 Å². The van der Waals surface area contributed by atoms with Crippen molar-refractivity contribution in [1.82, 2.24) is 5.16 Å². The quantitative estimate of drug-likeness (QED) is 0.749. The fourth-order valence-electron chi connectivity index (χ4n) is 1.43. The third kappa shape index (κ3) is 1.74. The van der Waals surface area contributed by atoms with E-state index in [9.17, 15) is 4.79 Å². The maximum absolute atomic E-state index is 10.6. The zero-order valence-electron chi connectivity index (χ0n) is 8.95. The molecule has 0 radical (unpaired) electrons. The first kappa shape index (κ1) is 10.9. The Hall–Kier alpha value is -1.61. The Labute approximate surface area is 98.0 Å². The molecule has 2 aromatic rings. The second-order valence-corrected chi connectivity index (χ2v) is 4.01. The van der Waals surface area contributed by atoms with Gasteiger partial charge in [-0.05, 0) is 31.0 Å².